The first kappa shape index (κ1) is 13.5. The van der Waals surface area contributed by atoms with E-state index in [1.54, 1.807) is 0 Å². The molecule has 0 saturated carbocycles. The largest absolute Gasteiger partial charge is 0.369 e. The fourth-order valence-corrected chi connectivity index (χ4v) is 2.33. The average molecular weight is 283 g/mol. The number of benzene rings is 1. The van der Waals surface area contributed by atoms with Gasteiger partial charge in [-0.15, -0.1) is 11.6 Å². The third-order valence-corrected chi connectivity index (χ3v) is 3.41. The molecule has 2 rings (SSSR count). The molecule has 18 heavy (non-hydrogen) atoms. The molecule has 1 aliphatic heterocycles. The van der Waals surface area contributed by atoms with Gasteiger partial charge < -0.3 is 4.90 Å². The van der Waals surface area contributed by atoms with E-state index in [0.717, 1.165) is 37.7 Å². The van der Waals surface area contributed by atoms with E-state index in [-0.39, 0.29) is 0 Å². The Bertz CT molecular complexity index is 443. The summed E-state index contributed by atoms with van der Waals surface area (Å²) < 4.78 is 0. The summed E-state index contributed by atoms with van der Waals surface area (Å²) in [7, 11) is 0. The molecule has 4 heteroatoms. The molecular weight excluding hydrogens is 267 g/mol. The van der Waals surface area contributed by atoms with Crippen molar-refractivity contribution in [3.05, 3.63) is 29.3 Å². The lowest BCUT2D eigenvalue weighted by molar-refractivity contribution is 0.288. The minimum Gasteiger partial charge on any atom is -0.369 e. The molecule has 0 spiro atoms. The van der Waals surface area contributed by atoms with Gasteiger partial charge in [-0.25, -0.2) is 0 Å². The van der Waals surface area contributed by atoms with Gasteiger partial charge in [0.1, 0.15) is 0 Å². The van der Waals surface area contributed by atoms with Gasteiger partial charge in [0, 0.05) is 36.9 Å². The zero-order valence-electron chi connectivity index (χ0n) is 10.2. The van der Waals surface area contributed by atoms with Crippen molar-refractivity contribution in [3.63, 3.8) is 0 Å². The second kappa shape index (κ2) is 6.89. The molecule has 0 bridgehead atoms. The van der Waals surface area contributed by atoms with Gasteiger partial charge in [0.15, 0.2) is 0 Å². The van der Waals surface area contributed by atoms with Crippen molar-refractivity contribution in [2.45, 2.75) is 0 Å². The standard InChI is InChI=1S/C14H16Cl2N2/c15-6-1-2-7-17-8-10-18(11-9-17)14-5-3-4-13(16)12-14/h3-5,12H,6-11H2. The lowest BCUT2D eigenvalue weighted by atomic mass is 10.2. The highest BCUT2D eigenvalue weighted by Crippen LogP contribution is 2.20. The summed E-state index contributed by atoms with van der Waals surface area (Å²) in [6.07, 6.45) is 0. The molecule has 0 aromatic heterocycles. The highest BCUT2D eigenvalue weighted by atomic mass is 35.5. The van der Waals surface area contributed by atoms with Crippen LogP contribution in [0, 0.1) is 11.8 Å². The molecule has 1 aromatic carbocycles. The number of hydrogen-bond acceptors (Lipinski definition) is 2. The molecule has 1 heterocycles. The summed E-state index contributed by atoms with van der Waals surface area (Å²) in [5.74, 6) is 6.38. The first-order valence-corrected chi connectivity index (χ1v) is 6.95. The predicted molar refractivity (Wildman–Crippen MR) is 78.6 cm³/mol. The minimum absolute atomic E-state index is 0.419. The Hall–Kier alpha value is -0.880. The Morgan fingerprint density at radius 3 is 2.56 bits per heavy atom. The average Bonchev–Trinajstić information content (AvgIpc) is 2.40. The second-order valence-electron chi connectivity index (χ2n) is 4.23. The van der Waals surface area contributed by atoms with Crippen molar-refractivity contribution < 1.29 is 0 Å². The van der Waals surface area contributed by atoms with E-state index in [1.165, 1.54) is 5.69 Å². The van der Waals surface area contributed by atoms with E-state index in [4.69, 9.17) is 23.2 Å². The lowest BCUT2D eigenvalue weighted by Crippen LogP contribution is -2.46. The van der Waals surface area contributed by atoms with E-state index in [0.29, 0.717) is 5.88 Å². The molecule has 0 atom stereocenters. The normalized spacial score (nSPS) is 16.2. The summed E-state index contributed by atoms with van der Waals surface area (Å²) in [6.45, 7) is 4.91. The van der Waals surface area contributed by atoms with E-state index < -0.39 is 0 Å². The maximum atomic E-state index is 6.01. The SMILES string of the molecule is ClCC#CCN1CCN(c2cccc(Cl)c2)CC1. The number of halogens is 2. The van der Waals surface area contributed by atoms with Gasteiger partial charge in [0.25, 0.3) is 0 Å². The number of rotatable bonds is 2. The summed E-state index contributed by atoms with van der Waals surface area (Å²) in [4.78, 5) is 4.71. The smallest absolute Gasteiger partial charge is 0.0835 e. The Kier molecular flexibility index (Phi) is 5.19. The zero-order valence-corrected chi connectivity index (χ0v) is 11.7. The van der Waals surface area contributed by atoms with Crippen LogP contribution in [-0.2, 0) is 0 Å². The highest BCUT2D eigenvalue weighted by Gasteiger charge is 2.16. The number of alkyl halides is 1. The van der Waals surface area contributed by atoms with Crippen molar-refractivity contribution in [2.24, 2.45) is 0 Å². The third kappa shape index (κ3) is 3.81. The van der Waals surface area contributed by atoms with Crippen LogP contribution in [0.15, 0.2) is 24.3 Å². The van der Waals surface area contributed by atoms with Gasteiger partial charge in [-0.05, 0) is 18.2 Å². The van der Waals surface area contributed by atoms with Crippen LogP contribution in [0.25, 0.3) is 0 Å². The van der Waals surface area contributed by atoms with Crippen molar-refractivity contribution in [1.29, 1.82) is 0 Å². The molecule has 1 aromatic rings. The topological polar surface area (TPSA) is 6.48 Å². The van der Waals surface area contributed by atoms with Crippen LogP contribution in [-0.4, -0.2) is 43.5 Å². The van der Waals surface area contributed by atoms with Gasteiger partial charge in [-0.2, -0.15) is 0 Å². The summed E-state index contributed by atoms with van der Waals surface area (Å²) in [5.41, 5.74) is 1.20. The van der Waals surface area contributed by atoms with E-state index >= 15 is 0 Å². The molecule has 0 amide bonds. The number of piperazine rings is 1. The van der Waals surface area contributed by atoms with Gasteiger partial charge in [-0.1, -0.05) is 29.5 Å². The quantitative estimate of drug-likeness (QED) is 0.608. The van der Waals surface area contributed by atoms with Gasteiger partial charge >= 0.3 is 0 Å². The fraction of sp³-hybridized carbons (Fsp3) is 0.429. The Labute approximate surface area is 118 Å². The maximum absolute atomic E-state index is 6.01. The van der Waals surface area contributed by atoms with Crippen molar-refractivity contribution in [2.75, 3.05) is 43.5 Å². The van der Waals surface area contributed by atoms with Gasteiger partial charge in [-0.3, -0.25) is 4.90 Å². The van der Waals surface area contributed by atoms with Crippen LogP contribution in [0.2, 0.25) is 5.02 Å². The number of anilines is 1. The Morgan fingerprint density at radius 1 is 1.11 bits per heavy atom. The summed E-state index contributed by atoms with van der Waals surface area (Å²) in [5, 5.41) is 0.794. The monoisotopic (exact) mass is 282 g/mol. The maximum Gasteiger partial charge on any atom is 0.0835 e. The van der Waals surface area contributed by atoms with Crippen molar-refractivity contribution in [1.82, 2.24) is 4.90 Å². The molecule has 1 fully saturated rings. The van der Waals surface area contributed by atoms with Crippen molar-refractivity contribution in [3.8, 4) is 11.8 Å². The molecule has 96 valence electrons. The zero-order chi connectivity index (χ0) is 12.8. The molecule has 0 N–H and O–H groups in total. The lowest BCUT2D eigenvalue weighted by Gasteiger charge is -2.35. The van der Waals surface area contributed by atoms with Crippen LogP contribution in [0.3, 0.4) is 0 Å². The summed E-state index contributed by atoms with van der Waals surface area (Å²) in [6, 6.07) is 8.03. The summed E-state index contributed by atoms with van der Waals surface area (Å²) >= 11 is 11.5. The van der Waals surface area contributed by atoms with E-state index in [1.807, 2.05) is 18.2 Å². The van der Waals surface area contributed by atoms with Crippen LogP contribution in [0.5, 0.6) is 0 Å². The van der Waals surface area contributed by atoms with E-state index in [9.17, 15) is 0 Å². The minimum atomic E-state index is 0.419. The second-order valence-corrected chi connectivity index (χ2v) is 4.93. The predicted octanol–water partition coefficient (Wildman–Crippen LogP) is 2.70. The van der Waals surface area contributed by atoms with Crippen LogP contribution >= 0.6 is 23.2 Å². The van der Waals surface area contributed by atoms with Crippen molar-refractivity contribution >= 4 is 28.9 Å². The number of nitrogens with zero attached hydrogens (tertiary/aromatic N) is 2. The molecule has 1 aliphatic rings. The van der Waals surface area contributed by atoms with Gasteiger partial charge in [0.2, 0.25) is 0 Å². The van der Waals surface area contributed by atoms with Crippen LogP contribution in [0.4, 0.5) is 5.69 Å². The first-order chi connectivity index (χ1) is 8.79. The molecule has 0 radical (unpaired) electrons. The first-order valence-electron chi connectivity index (χ1n) is 6.04. The number of hydrogen-bond donors (Lipinski definition) is 0. The van der Waals surface area contributed by atoms with Crippen LogP contribution in [0.1, 0.15) is 0 Å². The molecular formula is C14H16Cl2N2. The molecule has 0 unspecified atom stereocenters. The van der Waals surface area contributed by atoms with Gasteiger partial charge in [0.05, 0.1) is 12.4 Å². The third-order valence-electron chi connectivity index (χ3n) is 3.04. The Balaban J connectivity index is 1.86. The molecule has 1 saturated heterocycles. The Morgan fingerprint density at radius 2 is 1.89 bits per heavy atom. The molecule has 0 aliphatic carbocycles. The van der Waals surface area contributed by atoms with E-state index in [2.05, 4.69) is 27.7 Å². The van der Waals surface area contributed by atoms with Crippen LogP contribution < -0.4 is 4.90 Å². The fourth-order valence-electron chi connectivity index (χ4n) is 2.05. The molecule has 2 nitrogen and oxygen atoms in total. The highest BCUT2D eigenvalue weighted by molar-refractivity contribution is 6.30.